The van der Waals surface area contributed by atoms with Gasteiger partial charge < -0.3 is 13.9 Å². The number of hydrogen-bond acceptors (Lipinski definition) is 5. The van der Waals surface area contributed by atoms with Gasteiger partial charge in [-0.25, -0.2) is 0 Å². The molecule has 0 aliphatic heterocycles. The molecule has 0 aromatic rings. The Morgan fingerprint density at radius 2 is 1.70 bits per heavy atom. The maximum Gasteiger partial charge on any atom is 0.320 e. The summed E-state index contributed by atoms with van der Waals surface area (Å²) in [4.78, 5) is 24.1. The van der Waals surface area contributed by atoms with Crippen LogP contribution in [0.2, 0.25) is 18.1 Å². The van der Waals surface area contributed by atoms with Crippen molar-refractivity contribution in [1.82, 2.24) is 0 Å². The molecule has 0 fully saturated rings. The molecule has 0 aromatic carbocycles. The number of allylic oxidation sites excluding steroid dienone is 1. The lowest BCUT2D eigenvalue weighted by atomic mass is 9.66. The molecule has 6 heteroatoms. The van der Waals surface area contributed by atoms with E-state index in [9.17, 15) is 9.59 Å². The fourth-order valence-electron chi connectivity index (χ4n) is 3.30. The summed E-state index contributed by atoms with van der Waals surface area (Å²) >= 11 is 0. The Morgan fingerprint density at radius 3 is 2.15 bits per heavy atom. The highest BCUT2D eigenvalue weighted by Crippen LogP contribution is 2.47. The molecule has 0 radical (unpaired) electrons. The van der Waals surface area contributed by atoms with Crippen molar-refractivity contribution >= 4 is 20.3 Å². The average Bonchev–Trinajstić information content (AvgIpc) is 2.57. The molecule has 27 heavy (non-hydrogen) atoms. The van der Waals surface area contributed by atoms with Gasteiger partial charge in [0.05, 0.1) is 20.3 Å². The first-order chi connectivity index (χ1) is 12.3. The van der Waals surface area contributed by atoms with Gasteiger partial charge in [0.15, 0.2) is 14.2 Å². The van der Waals surface area contributed by atoms with Crippen molar-refractivity contribution in [3.63, 3.8) is 0 Å². The highest BCUT2D eigenvalue weighted by molar-refractivity contribution is 6.74. The van der Waals surface area contributed by atoms with Crippen LogP contribution in [0, 0.1) is 17.3 Å². The van der Waals surface area contributed by atoms with Gasteiger partial charge in [-0.3, -0.25) is 9.59 Å². The summed E-state index contributed by atoms with van der Waals surface area (Å²) in [5, 5.41) is 0.114. The second-order valence-electron chi connectivity index (χ2n) is 9.51. The Labute approximate surface area is 166 Å². The molecule has 0 spiro atoms. The lowest BCUT2D eigenvalue weighted by Gasteiger charge is -2.49. The van der Waals surface area contributed by atoms with E-state index in [1.54, 1.807) is 0 Å². The standard InChI is InChI=1S/C21H38O5Si/c1-15-11-10-12-17(26-27(8,9)20(2,3)4)21(15,5)14-13-16(18(22)24-6)19(23)25-7/h10,12,15-17H,11,13-14H2,1-9H3/t15-,17+,21+/m1/s1. The van der Waals surface area contributed by atoms with Crippen molar-refractivity contribution in [3.05, 3.63) is 12.2 Å². The molecule has 5 nitrogen and oxygen atoms in total. The molecular weight excluding hydrogens is 360 g/mol. The molecule has 0 unspecified atom stereocenters. The van der Waals surface area contributed by atoms with Crippen molar-refractivity contribution in [2.75, 3.05) is 14.2 Å². The van der Waals surface area contributed by atoms with Gasteiger partial charge in [-0.1, -0.05) is 46.8 Å². The fraction of sp³-hybridized carbons (Fsp3) is 0.810. The third-order valence-corrected chi connectivity index (χ3v) is 11.2. The maximum atomic E-state index is 12.1. The summed E-state index contributed by atoms with van der Waals surface area (Å²) in [5.74, 6) is -1.57. The molecule has 0 N–H and O–H groups in total. The molecule has 0 amide bonds. The molecule has 1 aliphatic carbocycles. The maximum absolute atomic E-state index is 12.1. The number of methoxy groups -OCH3 is 2. The zero-order valence-corrected chi connectivity index (χ0v) is 19.5. The summed E-state index contributed by atoms with van der Waals surface area (Å²) in [5.41, 5.74) is -0.162. The van der Waals surface area contributed by atoms with E-state index in [1.807, 2.05) is 0 Å². The van der Waals surface area contributed by atoms with Gasteiger partial charge in [0.2, 0.25) is 0 Å². The molecule has 0 saturated carbocycles. The van der Waals surface area contributed by atoms with Crippen molar-refractivity contribution in [2.24, 2.45) is 17.3 Å². The summed E-state index contributed by atoms with van der Waals surface area (Å²) in [6.45, 7) is 15.6. The van der Waals surface area contributed by atoms with Crippen LogP contribution in [0.25, 0.3) is 0 Å². The van der Waals surface area contributed by atoms with Crippen molar-refractivity contribution in [2.45, 2.75) is 78.1 Å². The number of rotatable bonds is 7. The second kappa shape index (κ2) is 8.91. The van der Waals surface area contributed by atoms with Crippen LogP contribution >= 0.6 is 0 Å². The van der Waals surface area contributed by atoms with E-state index >= 15 is 0 Å². The third kappa shape index (κ3) is 5.44. The minimum absolute atomic E-state index is 0.0296. The molecule has 0 saturated heterocycles. The molecule has 0 bridgehead atoms. The van der Waals surface area contributed by atoms with Crippen molar-refractivity contribution in [1.29, 1.82) is 0 Å². The van der Waals surface area contributed by atoms with E-state index in [0.717, 1.165) is 6.42 Å². The number of carbonyl (C=O) groups excluding carboxylic acids is 2. The summed E-state index contributed by atoms with van der Waals surface area (Å²) in [7, 11) is 0.643. The Kier molecular flexibility index (Phi) is 7.88. The minimum Gasteiger partial charge on any atom is -0.468 e. The molecule has 3 atom stereocenters. The van der Waals surface area contributed by atoms with Crippen LogP contribution < -0.4 is 0 Å². The average molecular weight is 399 g/mol. The largest absolute Gasteiger partial charge is 0.468 e. The predicted molar refractivity (Wildman–Crippen MR) is 110 cm³/mol. The van der Waals surface area contributed by atoms with Crippen LogP contribution in [-0.2, 0) is 23.5 Å². The number of ether oxygens (including phenoxy) is 2. The normalized spacial score (nSPS) is 26.1. The zero-order valence-electron chi connectivity index (χ0n) is 18.5. The topological polar surface area (TPSA) is 61.8 Å². The fourth-order valence-corrected chi connectivity index (χ4v) is 4.64. The Balaban J connectivity index is 3.06. The van der Waals surface area contributed by atoms with Gasteiger partial charge in [-0.15, -0.1) is 0 Å². The van der Waals surface area contributed by atoms with Crippen LogP contribution in [0.4, 0.5) is 0 Å². The monoisotopic (exact) mass is 398 g/mol. The van der Waals surface area contributed by atoms with E-state index in [0.29, 0.717) is 18.8 Å². The van der Waals surface area contributed by atoms with Crippen molar-refractivity contribution < 1.29 is 23.5 Å². The lowest BCUT2D eigenvalue weighted by molar-refractivity contribution is -0.159. The molecule has 1 rings (SSSR count). The Morgan fingerprint density at radius 1 is 1.19 bits per heavy atom. The Bertz CT molecular complexity index is 547. The molecular formula is C21H38O5Si. The highest BCUT2D eigenvalue weighted by atomic mass is 28.4. The Hall–Kier alpha value is -1.14. The SMILES string of the molecule is COC(=O)C(CC[C@@]1(C)[C@H](C)CC=C[C@@H]1O[Si](C)(C)C(C)(C)C)C(=O)OC. The smallest absolute Gasteiger partial charge is 0.320 e. The van der Waals surface area contributed by atoms with Gasteiger partial charge in [-0.05, 0) is 48.7 Å². The van der Waals surface area contributed by atoms with Crippen LogP contribution in [0.5, 0.6) is 0 Å². The van der Waals surface area contributed by atoms with Crippen LogP contribution in [0.15, 0.2) is 12.2 Å². The number of hydrogen-bond donors (Lipinski definition) is 0. The summed E-state index contributed by atoms with van der Waals surface area (Å²) in [6, 6.07) is 0. The van der Waals surface area contributed by atoms with Gasteiger partial charge in [0, 0.05) is 0 Å². The van der Waals surface area contributed by atoms with Crippen LogP contribution in [0.1, 0.15) is 53.9 Å². The molecule has 1 aliphatic rings. The second-order valence-corrected chi connectivity index (χ2v) is 14.3. The van der Waals surface area contributed by atoms with Crippen molar-refractivity contribution in [3.8, 4) is 0 Å². The van der Waals surface area contributed by atoms with Crippen LogP contribution in [0.3, 0.4) is 0 Å². The summed E-state index contributed by atoms with van der Waals surface area (Å²) in [6.07, 6.45) is 6.39. The lowest BCUT2D eigenvalue weighted by Crippen LogP contribution is -2.50. The first kappa shape index (κ1) is 23.9. The zero-order chi connectivity index (χ0) is 21.0. The van der Waals surface area contributed by atoms with E-state index in [-0.39, 0.29) is 16.6 Å². The first-order valence-electron chi connectivity index (χ1n) is 9.80. The first-order valence-corrected chi connectivity index (χ1v) is 12.7. The number of esters is 2. The number of carbonyl (C=O) groups is 2. The van der Waals surface area contributed by atoms with E-state index in [1.165, 1.54) is 14.2 Å². The van der Waals surface area contributed by atoms with E-state index in [4.69, 9.17) is 13.9 Å². The quantitative estimate of drug-likeness (QED) is 0.269. The van der Waals surface area contributed by atoms with Gasteiger partial charge in [0.1, 0.15) is 0 Å². The van der Waals surface area contributed by atoms with Crippen LogP contribution in [-0.4, -0.2) is 40.6 Å². The highest BCUT2D eigenvalue weighted by Gasteiger charge is 2.47. The summed E-state index contributed by atoms with van der Waals surface area (Å²) < 4.78 is 16.4. The molecule has 0 heterocycles. The third-order valence-electron chi connectivity index (χ3n) is 6.75. The van der Waals surface area contributed by atoms with Gasteiger partial charge in [0.25, 0.3) is 0 Å². The van der Waals surface area contributed by atoms with Gasteiger partial charge in [-0.2, -0.15) is 0 Å². The van der Waals surface area contributed by atoms with Gasteiger partial charge >= 0.3 is 11.9 Å². The minimum atomic E-state index is -1.96. The van der Waals surface area contributed by atoms with E-state index < -0.39 is 26.2 Å². The molecule has 156 valence electrons. The molecule has 0 aromatic heterocycles. The van der Waals surface area contributed by atoms with E-state index in [2.05, 4.69) is 59.9 Å². The predicted octanol–water partition coefficient (Wildman–Crippen LogP) is 4.72.